The Labute approximate surface area is 206 Å². The van der Waals surface area contributed by atoms with Crippen LogP contribution in [-0.2, 0) is 19.1 Å². The predicted molar refractivity (Wildman–Crippen MR) is 134 cm³/mol. The van der Waals surface area contributed by atoms with Gasteiger partial charge in [0.1, 0.15) is 6.61 Å². The summed E-state index contributed by atoms with van der Waals surface area (Å²) in [6.07, 6.45) is 14.8. The van der Waals surface area contributed by atoms with Gasteiger partial charge in [-0.1, -0.05) is 90.9 Å². The third-order valence-electron chi connectivity index (χ3n) is 5.77. The number of carboxylic acid groups (broad SMARTS) is 1. The van der Waals surface area contributed by atoms with Crippen LogP contribution < -0.4 is 10.6 Å². The van der Waals surface area contributed by atoms with Crippen LogP contribution in [0.25, 0.3) is 0 Å². The molecule has 0 radical (unpaired) electrons. The Balaban J connectivity index is 4.19. The summed E-state index contributed by atoms with van der Waals surface area (Å²) in [4.78, 5) is 47.2. The van der Waals surface area contributed by atoms with E-state index in [1.54, 1.807) is 0 Å². The van der Waals surface area contributed by atoms with Crippen LogP contribution in [-0.4, -0.2) is 48.1 Å². The van der Waals surface area contributed by atoms with Crippen molar-refractivity contribution in [2.75, 3.05) is 13.2 Å². The average Bonchev–Trinajstić information content (AvgIpc) is 2.81. The first kappa shape index (κ1) is 31.9. The van der Waals surface area contributed by atoms with E-state index in [0.717, 1.165) is 38.5 Å². The number of alkyl carbamates (subject to hydrolysis) is 1. The Hall–Kier alpha value is -2.12. The van der Waals surface area contributed by atoms with Crippen molar-refractivity contribution in [1.82, 2.24) is 10.6 Å². The van der Waals surface area contributed by atoms with Crippen LogP contribution >= 0.6 is 0 Å². The summed E-state index contributed by atoms with van der Waals surface area (Å²) in [6.45, 7) is 4.68. The number of hydrogen-bond donors (Lipinski definition) is 3. The summed E-state index contributed by atoms with van der Waals surface area (Å²) in [6, 6.07) is -0.717. The number of nitrogens with one attached hydrogen (secondary N) is 2. The van der Waals surface area contributed by atoms with Crippen molar-refractivity contribution in [2.45, 2.75) is 129 Å². The largest absolute Gasteiger partial charge is 0.481 e. The van der Waals surface area contributed by atoms with Crippen LogP contribution in [0.4, 0.5) is 4.79 Å². The molecule has 0 aliphatic heterocycles. The van der Waals surface area contributed by atoms with Crippen LogP contribution in [0.15, 0.2) is 0 Å². The van der Waals surface area contributed by atoms with Crippen LogP contribution in [0.5, 0.6) is 0 Å². The molecule has 0 aromatic heterocycles. The van der Waals surface area contributed by atoms with Crippen molar-refractivity contribution < 1.29 is 29.0 Å². The smallest absolute Gasteiger partial charge is 0.407 e. The van der Waals surface area contributed by atoms with E-state index in [1.807, 2.05) is 0 Å². The van der Waals surface area contributed by atoms with Crippen molar-refractivity contribution in [3.8, 4) is 0 Å². The minimum Gasteiger partial charge on any atom is -0.481 e. The molecule has 0 aromatic rings. The molecule has 0 bridgehead atoms. The Morgan fingerprint density at radius 1 is 0.735 bits per heavy atom. The minimum absolute atomic E-state index is 0.0802. The van der Waals surface area contributed by atoms with Gasteiger partial charge in [-0.3, -0.25) is 14.4 Å². The molecule has 8 nitrogen and oxygen atoms in total. The van der Waals surface area contributed by atoms with Crippen LogP contribution in [0, 0.1) is 0 Å². The van der Waals surface area contributed by atoms with Gasteiger partial charge in [0.2, 0.25) is 5.78 Å². The van der Waals surface area contributed by atoms with Crippen molar-refractivity contribution in [2.24, 2.45) is 0 Å². The first-order chi connectivity index (χ1) is 16.4. The lowest BCUT2D eigenvalue weighted by Crippen LogP contribution is -2.43. The zero-order valence-electron chi connectivity index (χ0n) is 21.5. The molecule has 0 aliphatic carbocycles. The number of ether oxygens (including phenoxy) is 1. The van der Waals surface area contributed by atoms with E-state index in [2.05, 4.69) is 24.5 Å². The lowest BCUT2D eigenvalue weighted by Gasteiger charge is -2.18. The molecule has 0 aliphatic rings. The lowest BCUT2D eigenvalue weighted by atomic mass is 10.1. The van der Waals surface area contributed by atoms with E-state index in [4.69, 9.17) is 9.84 Å². The first-order valence-corrected chi connectivity index (χ1v) is 13.4. The molecule has 1 atom stereocenters. The Kier molecular flexibility index (Phi) is 21.2. The normalized spacial score (nSPS) is 11.6. The van der Waals surface area contributed by atoms with Gasteiger partial charge in [0.05, 0.1) is 6.04 Å². The highest BCUT2D eigenvalue weighted by atomic mass is 16.5. The molecule has 198 valence electrons. The van der Waals surface area contributed by atoms with Crippen molar-refractivity contribution in [3.63, 3.8) is 0 Å². The molecule has 0 saturated heterocycles. The van der Waals surface area contributed by atoms with Crippen LogP contribution in [0.1, 0.15) is 123 Å². The fraction of sp³-hybridized carbons (Fsp3) is 0.846. The molecule has 0 fully saturated rings. The zero-order valence-corrected chi connectivity index (χ0v) is 21.5. The van der Waals surface area contributed by atoms with E-state index >= 15 is 0 Å². The maximum Gasteiger partial charge on any atom is 0.407 e. The monoisotopic (exact) mass is 484 g/mol. The second-order valence-electron chi connectivity index (χ2n) is 9.04. The SMILES string of the molecule is CCCCCCCCCCC(=O)C(=O)NC(CCC(=O)O)COC(=O)NCCCCCCCC. The van der Waals surface area contributed by atoms with Gasteiger partial charge in [0.15, 0.2) is 0 Å². The van der Waals surface area contributed by atoms with Gasteiger partial charge in [-0.05, 0) is 19.3 Å². The summed E-state index contributed by atoms with van der Waals surface area (Å²) in [5.74, 6) is -2.27. The number of ketones is 1. The van der Waals surface area contributed by atoms with Gasteiger partial charge in [0, 0.05) is 19.4 Å². The third kappa shape index (κ3) is 20.5. The van der Waals surface area contributed by atoms with Gasteiger partial charge in [-0.25, -0.2) is 4.79 Å². The fourth-order valence-electron chi connectivity index (χ4n) is 3.62. The van der Waals surface area contributed by atoms with Crippen molar-refractivity contribution in [1.29, 1.82) is 0 Å². The number of amides is 2. The predicted octanol–water partition coefficient (Wildman–Crippen LogP) is 5.52. The number of rotatable bonds is 23. The maximum absolute atomic E-state index is 12.2. The number of hydrogen-bond acceptors (Lipinski definition) is 5. The first-order valence-electron chi connectivity index (χ1n) is 13.4. The number of carboxylic acids is 1. The Morgan fingerprint density at radius 3 is 1.82 bits per heavy atom. The average molecular weight is 485 g/mol. The molecule has 1 unspecified atom stereocenters. The van der Waals surface area contributed by atoms with Gasteiger partial charge in [-0.15, -0.1) is 0 Å². The zero-order chi connectivity index (χ0) is 25.4. The lowest BCUT2D eigenvalue weighted by molar-refractivity contribution is -0.139. The molecular weight excluding hydrogens is 436 g/mol. The van der Waals surface area contributed by atoms with Crippen molar-refractivity contribution >= 4 is 23.8 Å². The summed E-state index contributed by atoms with van der Waals surface area (Å²) < 4.78 is 5.15. The molecule has 0 heterocycles. The maximum atomic E-state index is 12.2. The van der Waals surface area contributed by atoms with E-state index in [9.17, 15) is 19.2 Å². The second kappa shape index (κ2) is 22.7. The number of Topliss-reactive ketones (excluding diaryl/α,β-unsaturated/α-hetero) is 1. The summed E-state index contributed by atoms with van der Waals surface area (Å²) in [5, 5.41) is 14.1. The van der Waals surface area contributed by atoms with Gasteiger partial charge in [0.25, 0.3) is 5.91 Å². The van der Waals surface area contributed by atoms with Gasteiger partial charge in [-0.2, -0.15) is 0 Å². The molecule has 3 N–H and O–H groups in total. The molecular formula is C26H48N2O6. The molecule has 8 heteroatoms. The van der Waals surface area contributed by atoms with Gasteiger partial charge < -0.3 is 20.5 Å². The molecule has 2 amide bonds. The molecule has 0 spiro atoms. The molecule has 0 saturated carbocycles. The second-order valence-corrected chi connectivity index (χ2v) is 9.04. The van der Waals surface area contributed by atoms with E-state index in [1.165, 1.54) is 44.9 Å². The molecule has 34 heavy (non-hydrogen) atoms. The molecule has 0 aromatic carbocycles. The number of aliphatic carboxylic acids is 1. The highest BCUT2D eigenvalue weighted by Crippen LogP contribution is 2.10. The number of unbranched alkanes of at least 4 members (excludes halogenated alkanes) is 12. The Bertz CT molecular complexity index is 567. The van der Waals surface area contributed by atoms with Crippen LogP contribution in [0.3, 0.4) is 0 Å². The highest BCUT2D eigenvalue weighted by molar-refractivity contribution is 6.36. The highest BCUT2D eigenvalue weighted by Gasteiger charge is 2.20. The van der Waals surface area contributed by atoms with Crippen LogP contribution in [0.2, 0.25) is 0 Å². The quantitative estimate of drug-likeness (QED) is 0.130. The fourth-order valence-corrected chi connectivity index (χ4v) is 3.62. The topological polar surface area (TPSA) is 122 Å². The third-order valence-corrected chi connectivity index (χ3v) is 5.77. The van der Waals surface area contributed by atoms with Crippen molar-refractivity contribution in [3.05, 3.63) is 0 Å². The standard InChI is InChI=1S/C26H48N2O6/c1-3-5-7-9-11-12-13-15-17-23(29)25(32)28-22(18-19-24(30)31)21-34-26(33)27-20-16-14-10-8-6-4-2/h22H,3-21H2,1-2H3,(H,27,33)(H,28,32)(H,30,31). The summed E-state index contributed by atoms with van der Waals surface area (Å²) >= 11 is 0. The van der Waals surface area contributed by atoms with Gasteiger partial charge >= 0.3 is 12.1 Å². The molecule has 0 rings (SSSR count). The Morgan fingerprint density at radius 2 is 1.26 bits per heavy atom. The summed E-state index contributed by atoms with van der Waals surface area (Å²) in [5.41, 5.74) is 0. The number of carbonyl (C=O) groups excluding carboxylic acids is 3. The van der Waals surface area contributed by atoms with E-state index in [-0.39, 0.29) is 25.9 Å². The van der Waals surface area contributed by atoms with E-state index in [0.29, 0.717) is 13.0 Å². The number of carbonyl (C=O) groups is 4. The summed E-state index contributed by atoms with van der Waals surface area (Å²) in [7, 11) is 0. The minimum atomic E-state index is -1.02. The van der Waals surface area contributed by atoms with E-state index < -0.39 is 29.8 Å².